The van der Waals surface area contributed by atoms with Crippen molar-refractivity contribution >= 4 is 11.8 Å². The summed E-state index contributed by atoms with van der Waals surface area (Å²) >= 11 is 0. The molecule has 28 heavy (non-hydrogen) atoms. The highest BCUT2D eigenvalue weighted by Crippen LogP contribution is 2.44. The Hall–Kier alpha value is -2.17. The Morgan fingerprint density at radius 1 is 0.929 bits per heavy atom. The van der Waals surface area contributed by atoms with Gasteiger partial charge in [0.1, 0.15) is 0 Å². The van der Waals surface area contributed by atoms with E-state index in [0.29, 0.717) is 12.8 Å². The lowest BCUT2D eigenvalue weighted by Crippen LogP contribution is -3.00. The van der Waals surface area contributed by atoms with Crippen LogP contribution >= 0.6 is 0 Å². The van der Waals surface area contributed by atoms with Crippen molar-refractivity contribution in [2.24, 2.45) is 5.92 Å². The van der Waals surface area contributed by atoms with Crippen LogP contribution in [0.1, 0.15) is 36.8 Å². The second-order valence-corrected chi connectivity index (χ2v) is 7.75. The first-order valence-electron chi connectivity index (χ1n) is 9.84. The summed E-state index contributed by atoms with van der Waals surface area (Å²) in [5.74, 6) is 0.0135. The molecule has 4 rings (SSSR count). The van der Waals surface area contributed by atoms with Crippen LogP contribution in [-0.2, 0) is 21.5 Å². The van der Waals surface area contributed by atoms with Gasteiger partial charge in [0, 0.05) is 13.0 Å². The molecule has 2 aromatic rings. The maximum atomic E-state index is 13.1. The van der Waals surface area contributed by atoms with Crippen molar-refractivity contribution < 1.29 is 22.0 Å². The first kappa shape index (κ1) is 20.6. The number of rotatable bonds is 4. The molecule has 1 N–H and O–H groups in total. The van der Waals surface area contributed by atoms with E-state index in [-0.39, 0.29) is 30.1 Å². The van der Waals surface area contributed by atoms with Crippen LogP contribution < -0.4 is 17.7 Å². The van der Waals surface area contributed by atoms with Crippen molar-refractivity contribution in [1.29, 1.82) is 0 Å². The Labute approximate surface area is 172 Å². The van der Waals surface area contributed by atoms with E-state index in [1.165, 1.54) is 5.56 Å². The van der Waals surface area contributed by atoms with Gasteiger partial charge in [-0.2, -0.15) is 0 Å². The van der Waals surface area contributed by atoms with Crippen LogP contribution in [0.2, 0.25) is 0 Å². The van der Waals surface area contributed by atoms with Crippen LogP contribution in [-0.4, -0.2) is 29.8 Å². The third-order valence-electron chi connectivity index (χ3n) is 6.23. The standard InChI is InChI=1S/C23H26N2O2.ClH/c26-21-11-14-23(22(27)24-21,19-9-5-2-6-10-19)20-12-15-25(16-13-20)17-18-7-3-1-4-8-18;/h1-10,20H,11-17H2,(H,24,26,27);1H/p-1. The molecule has 2 fully saturated rings. The van der Waals surface area contributed by atoms with Crippen LogP contribution in [0, 0.1) is 5.92 Å². The van der Waals surface area contributed by atoms with Crippen molar-refractivity contribution in [1.82, 2.24) is 10.2 Å². The Kier molecular flexibility index (Phi) is 6.53. The smallest absolute Gasteiger partial charge is 0.237 e. The highest BCUT2D eigenvalue weighted by Gasteiger charge is 2.50. The summed E-state index contributed by atoms with van der Waals surface area (Å²) in [6.07, 6.45) is 2.99. The minimum absolute atomic E-state index is 0. The molecule has 2 aliphatic rings. The summed E-state index contributed by atoms with van der Waals surface area (Å²) in [5, 5.41) is 2.63. The highest BCUT2D eigenvalue weighted by atomic mass is 35.5. The highest BCUT2D eigenvalue weighted by molar-refractivity contribution is 6.03. The van der Waals surface area contributed by atoms with Crippen LogP contribution in [0.15, 0.2) is 60.7 Å². The van der Waals surface area contributed by atoms with Gasteiger partial charge < -0.3 is 12.4 Å². The molecule has 1 atom stereocenters. The minimum atomic E-state index is -0.575. The number of amides is 2. The monoisotopic (exact) mass is 397 g/mol. The summed E-state index contributed by atoms with van der Waals surface area (Å²) in [6.45, 7) is 2.92. The Bertz CT molecular complexity index is 804. The largest absolute Gasteiger partial charge is 1.00 e. The Morgan fingerprint density at radius 2 is 1.54 bits per heavy atom. The topological polar surface area (TPSA) is 49.4 Å². The van der Waals surface area contributed by atoms with E-state index in [4.69, 9.17) is 0 Å². The average molecular weight is 398 g/mol. The molecule has 2 aliphatic heterocycles. The second kappa shape index (κ2) is 8.89. The Balaban J connectivity index is 0.00000225. The molecular weight excluding hydrogens is 372 g/mol. The van der Waals surface area contributed by atoms with Gasteiger partial charge in [-0.15, -0.1) is 0 Å². The minimum Gasteiger partial charge on any atom is -1.00 e. The molecule has 148 valence electrons. The average Bonchev–Trinajstić information content (AvgIpc) is 2.71. The van der Waals surface area contributed by atoms with Gasteiger partial charge in [-0.05, 0) is 49.4 Å². The molecule has 2 saturated heterocycles. The molecule has 0 bridgehead atoms. The maximum absolute atomic E-state index is 13.1. The number of nitrogens with zero attached hydrogens (tertiary/aromatic N) is 1. The first-order valence-corrected chi connectivity index (χ1v) is 9.84. The number of carbonyl (C=O) groups is 2. The number of benzene rings is 2. The number of halogens is 1. The zero-order valence-corrected chi connectivity index (χ0v) is 16.7. The van der Waals surface area contributed by atoms with E-state index >= 15 is 0 Å². The number of hydrogen-bond donors (Lipinski definition) is 1. The lowest BCUT2D eigenvalue weighted by Gasteiger charge is -2.45. The normalized spacial score (nSPS) is 23.7. The molecule has 4 nitrogen and oxygen atoms in total. The molecule has 0 radical (unpaired) electrons. The third-order valence-corrected chi connectivity index (χ3v) is 6.23. The summed E-state index contributed by atoms with van der Waals surface area (Å²) in [4.78, 5) is 27.3. The van der Waals surface area contributed by atoms with Crippen molar-refractivity contribution in [2.75, 3.05) is 13.1 Å². The summed E-state index contributed by atoms with van der Waals surface area (Å²) in [5.41, 5.74) is 1.81. The first-order chi connectivity index (χ1) is 13.2. The number of imide groups is 1. The van der Waals surface area contributed by atoms with Gasteiger partial charge in [-0.25, -0.2) is 0 Å². The van der Waals surface area contributed by atoms with Crippen LogP contribution in [0.4, 0.5) is 0 Å². The maximum Gasteiger partial charge on any atom is 0.237 e. The molecule has 1 unspecified atom stereocenters. The van der Waals surface area contributed by atoms with Gasteiger partial charge in [0.15, 0.2) is 0 Å². The third kappa shape index (κ3) is 3.98. The zero-order valence-electron chi connectivity index (χ0n) is 15.9. The fourth-order valence-electron chi connectivity index (χ4n) is 4.79. The summed E-state index contributed by atoms with van der Waals surface area (Å²) in [7, 11) is 0. The SMILES string of the molecule is O=C1CCC(c2ccccc2)(C2CCN(Cc3ccccc3)CC2)C(=O)N1.[Cl-]. The van der Waals surface area contributed by atoms with E-state index in [1.807, 2.05) is 36.4 Å². The predicted molar refractivity (Wildman–Crippen MR) is 105 cm³/mol. The molecule has 0 aromatic heterocycles. The van der Waals surface area contributed by atoms with Crippen molar-refractivity contribution in [3.63, 3.8) is 0 Å². The van der Waals surface area contributed by atoms with E-state index in [9.17, 15) is 9.59 Å². The van der Waals surface area contributed by atoms with E-state index < -0.39 is 5.41 Å². The molecule has 2 aromatic carbocycles. The molecule has 0 saturated carbocycles. The van der Waals surface area contributed by atoms with Crippen molar-refractivity contribution in [3.05, 3.63) is 71.8 Å². The van der Waals surface area contributed by atoms with E-state index in [0.717, 1.165) is 38.0 Å². The van der Waals surface area contributed by atoms with Crippen LogP contribution in [0.3, 0.4) is 0 Å². The van der Waals surface area contributed by atoms with Gasteiger partial charge in [0.05, 0.1) is 5.41 Å². The van der Waals surface area contributed by atoms with Gasteiger partial charge in [-0.3, -0.25) is 19.8 Å². The lowest BCUT2D eigenvalue weighted by molar-refractivity contribution is -0.140. The van der Waals surface area contributed by atoms with Crippen molar-refractivity contribution in [3.8, 4) is 0 Å². The fraction of sp³-hybridized carbons (Fsp3) is 0.391. The van der Waals surface area contributed by atoms with Crippen molar-refractivity contribution in [2.45, 2.75) is 37.6 Å². The number of nitrogens with one attached hydrogen (secondary N) is 1. The number of hydrogen-bond acceptors (Lipinski definition) is 3. The number of carbonyl (C=O) groups excluding carboxylic acids is 2. The van der Waals surface area contributed by atoms with E-state index in [1.54, 1.807) is 0 Å². The predicted octanol–water partition coefficient (Wildman–Crippen LogP) is 0.277. The van der Waals surface area contributed by atoms with Gasteiger partial charge in [0.25, 0.3) is 0 Å². The molecule has 2 heterocycles. The Morgan fingerprint density at radius 3 is 2.14 bits per heavy atom. The summed E-state index contributed by atoms with van der Waals surface area (Å²) < 4.78 is 0. The van der Waals surface area contributed by atoms with Gasteiger partial charge >= 0.3 is 0 Å². The molecule has 0 aliphatic carbocycles. The quantitative estimate of drug-likeness (QED) is 0.754. The van der Waals surface area contributed by atoms with Gasteiger partial charge in [0.2, 0.25) is 11.8 Å². The second-order valence-electron chi connectivity index (χ2n) is 7.75. The molecule has 0 spiro atoms. The number of piperidine rings is 2. The molecular formula is C23H26ClN2O2-. The van der Waals surface area contributed by atoms with Gasteiger partial charge in [-0.1, -0.05) is 60.7 Å². The zero-order chi connectivity index (χ0) is 18.7. The number of likely N-dealkylation sites (tertiary alicyclic amines) is 1. The van der Waals surface area contributed by atoms with Crippen LogP contribution in [0.5, 0.6) is 0 Å². The molecule has 5 heteroatoms. The van der Waals surface area contributed by atoms with Crippen LogP contribution in [0.25, 0.3) is 0 Å². The molecule has 2 amide bonds. The summed E-state index contributed by atoms with van der Waals surface area (Å²) in [6, 6.07) is 20.6. The lowest BCUT2D eigenvalue weighted by atomic mass is 9.62. The fourth-order valence-corrected chi connectivity index (χ4v) is 4.79. The van der Waals surface area contributed by atoms with E-state index in [2.05, 4.69) is 34.5 Å².